The standard InChI is InChI=1S/C32H40F4O6/c1-3-5-7-9-10-11-13-15-29(37)40-24-18-16-23(17-19-24)30(38)41-25-20-21-26(27(33)22-25)31(39)42-28(32(34,35)36)14-12-8-6-4-2/h16-22,28H,3-15H2,1-2H3. The van der Waals surface area contributed by atoms with Crippen LogP contribution in [0.15, 0.2) is 42.5 Å². The van der Waals surface area contributed by atoms with E-state index in [1.165, 1.54) is 43.5 Å². The van der Waals surface area contributed by atoms with Gasteiger partial charge in [-0.05, 0) is 55.7 Å². The molecular weight excluding hydrogens is 556 g/mol. The third kappa shape index (κ3) is 12.6. The molecule has 0 N–H and O–H groups in total. The Labute approximate surface area is 244 Å². The van der Waals surface area contributed by atoms with E-state index in [-0.39, 0.29) is 29.5 Å². The van der Waals surface area contributed by atoms with E-state index in [0.717, 1.165) is 56.7 Å². The van der Waals surface area contributed by atoms with Gasteiger partial charge in [-0.25, -0.2) is 14.0 Å². The fourth-order valence-corrected chi connectivity index (χ4v) is 4.20. The number of hydrogen-bond donors (Lipinski definition) is 0. The van der Waals surface area contributed by atoms with E-state index >= 15 is 0 Å². The molecule has 0 heterocycles. The molecule has 0 aromatic heterocycles. The molecule has 2 rings (SSSR count). The molecule has 0 aliphatic rings. The van der Waals surface area contributed by atoms with Crippen molar-refractivity contribution < 1.29 is 46.2 Å². The summed E-state index contributed by atoms with van der Waals surface area (Å²) in [6.07, 6.45) is 2.66. The average Bonchev–Trinajstić information content (AvgIpc) is 2.94. The molecule has 232 valence electrons. The van der Waals surface area contributed by atoms with Gasteiger partial charge < -0.3 is 14.2 Å². The first-order valence-corrected chi connectivity index (χ1v) is 14.6. The first-order chi connectivity index (χ1) is 20.0. The van der Waals surface area contributed by atoms with Crippen LogP contribution in [-0.2, 0) is 9.53 Å². The molecule has 42 heavy (non-hydrogen) atoms. The summed E-state index contributed by atoms with van der Waals surface area (Å²) in [6.45, 7) is 4.07. The van der Waals surface area contributed by atoms with Gasteiger partial charge in [-0.1, -0.05) is 71.6 Å². The van der Waals surface area contributed by atoms with E-state index in [2.05, 4.69) is 11.7 Å². The summed E-state index contributed by atoms with van der Waals surface area (Å²) in [5, 5.41) is 0. The molecule has 6 nitrogen and oxygen atoms in total. The van der Waals surface area contributed by atoms with Gasteiger partial charge in [-0.2, -0.15) is 13.2 Å². The number of alkyl halides is 3. The molecule has 0 aliphatic heterocycles. The summed E-state index contributed by atoms with van der Waals surface area (Å²) in [5.74, 6) is -3.87. The second kappa shape index (κ2) is 18.2. The van der Waals surface area contributed by atoms with E-state index in [0.29, 0.717) is 12.8 Å². The zero-order valence-electron chi connectivity index (χ0n) is 24.3. The highest BCUT2D eigenvalue weighted by Gasteiger charge is 2.42. The van der Waals surface area contributed by atoms with Crippen LogP contribution in [0.4, 0.5) is 17.6 Å². The molecule has 1 unspecified atom stereocenters. The number of unbranched alkanes of at least 4 members (excludes halogenated alkanes) is 9. The maximum atomic E-state index is 14.6. The quantitative estimate of drug-likeness (QED) is 0.0739. The zero-order valence-corrected chi connectivity index (χ0v) is 24.3. The highest BCUT2D eigenvalue weighted by molar-refractivity contribution is 5.92. The molecule has 10 heteroatoms. The molecule has 0 spiro atoms. The SMILES string of the molecule is CCCCCCCCCC(=O)Oc1ccc(C(=O)Oc2ccc(C(=O)OC(CCCCCC)C(F)(F)F)c(F)c2)cc1. The summed E-state index contributed by atoms with van der Waals surface area (Å²) in [6, 6.07) is 8.31. The second-order valence-corrected chi connectivity index (χ2v) is 10.2. The highest BCUT2D eigenvalue weighted by Crippen LogP contribution is 2.29. The summed E-state index contributed by atoms with van der Waals surface area (Å²) < 4.78 is 69.5. The monoisotopic (exact) mass is 596 g/mol. The number of hydrogen-bond acceptors (Lipinski definition) is 6. The van der Waals surface area contributed by atoms with Crippen LogP contribution >= 0.6 is 0 Å². The van der Waals surface area contributed by atoms with Gasteiger partial charge in [-0.3, -0.25) is 4.79 Å². The van der Waals surface area contributed by atoms with Gasteiger partial charge in [-0.15, -0.1) is 0 Å². The summed E-state index contributed by atoms with van der Waals surface area (Å²) in [4.78, 5) is 36.8. The lowest BCUT2D eigenvalue weighted by Crippen LogP contribution is -2.34. The molecule has 0 aliphatic carbocycles. The predicted octanol–water partition coefficient (Wildman–Crippen LogP) is 9.15. The number of esters is 3. The maximum absolute atomic E-state index is 14.6. The van der Waals surface area contributed by atoms with Crippen LogP contribution < -0.4 is 9.47 Å². The minimum absolute atomic E-state index is 0.0851. The lowest BCUT2D eigenvalue weighted by Gasteiger charge is -2.21. The van der Waals surface area contributed by atoms with Crippen molar-refractivity contribution in [3.63, 3.8) is 0 Å². The van der Waals surface area contributed by atoms with E-state index in [9.17, 15) is 31.9 Å². The molecule has 0 radical (unpaired) electrons. The Bertz CT molecular complexity index is 1130. The lowest BCUT2D eigenvalue weighted by molar-refractivity contribution is -0.206. The first kappa shape index (κ1) is 34.8. The van der Waals surface area contributed by atoms with E-state index in [1.54, 1.807) is 0 Å². The fourth-order valence-electron chi connectivity index (χ4n) is 4.20. The van der Waals surface area contributed by atoms with Gasteiger partial charge in [0.25, 0.3) is 0 Å². The molecule has 0 bridgehead atoms. The van der Waals surface area contributed by atoms with Gasteiger partial charge >= 0.3 is 24.1 Å². The lowest BCUT2D eigenvalue weighted by atomic mass is 10.1. The van der Waals surface area contributed by atoms with Crippen molar-refractivity contribution in [3.8, 4) is 11.5 Å². The third-order valence-electron chi connectivity index (χ3n) is 6.61. The first-order valence-electron chi connectivity index (χ1n) is 14.6. The number of carbonyl (C=O) groups is 3. The molecule has 1 atom stereocenters. The number of carbonyl (C=O) groups excluding carboxylic acids is 3. The molecular formula is C32H40F4O6. The van der Waals surface area contributed by atoms with Crippen molar-refractivity contribution in [2.45, 2.75) is 110 Å². The Kier molecular flexibility index (Phi) is 15.1. The van der Waals surface area contributed by atoms with E-state index in [1.807, 2.05) is 6.92 Å². The molecule has 0 amide bonds. The van der Waals surface area contributed by atoms with E-state index < -0.39 is 42.0 Å². The Balaban J connectivity index is 1.88. The Hall–Kier alpha value is -3.43. The fraction of sp³-hybridized carbons (Fsp3) is 0.531. The van der Waals surface area contributed by atoms with Gasteiger partial charge in [0.15, 0.2) is 6.10 Å². The van der Waals surface area contributed by atoms with Gasteiger partial charge in [0.2, 0.25) is 0 Å². The van der Waals surface area contributed by atoms with Gasteiger partial charge in [0.1, 0.15) is 17.3 Å². The third-order valence-corrected chi connectivity index (χ3v) is 6.61. The number of rotatable bonds is 18. The van der Waals surface area contributed by atoms with Crippen LogP contribution in [0, 0.1) is 5.82 Å². The van der Waals surface area contributed by atoms with Crippen molar-refractivity contribution in [1.82, 2.24) is 0 Å². The molecule has 2 aromatic rings. The van der Waals surface area contributed by atoms with Crippen molar-refractivity contribution >= 4 is 17.9 Å². The van der Waals surface area contributed by atoms with Crippen LogP contribution in [0.25, 0.3) is 0 Å². The molecule has 0 fully saturated rings. The van der Waals surface area contributed by atoms with Crippen LogP contribution in [0.1, 0.15) is 118 Å². The molecule has 0 saturated heterocycles. The Morgan fingerprint density at radius 1 is 0.714 bits per heavy atom. The second-order valence-electron chi connectivity index (χ2n) is 10.2. The largest absolute Gasteiger partial charge is 0.449 e. The summed E-state index contributed by atoms with van der Waals surface area (Å²) in [7, 11) is 0. The summed E-state index contributed by atoms with van der Waals surface area (Å²) in [5.41, 5.74) is -0.623. The van der Waals surface area contributed by atoms with Crippen LogP contribution in [0.2, 0.25) is 0 Å². The number of ether oxygens (including phenoxy) is 3. The smallest absolute Gasteiger partial charge is 0.425 e. The zero-order chi connectivity index (χ0) is 31.0. The van der Waals surface area contributed by atoms with Gasteiger partial charge in [0, 0.05) is 12.5 Å². The van der Waals surface area contributed by atoms with Gasteiger partial charge in [0.05, 0.1) is 11.1 Å². The van der Waals surface area contributed by atoms with Crippen LogP contribution in [0.3, 0.4) is 0 Å². The van der Waals surface area contributed by atoms with Crippen LogP contribution in [-0.4, -0.2) is 30.2 Å². The Morgan fingerprint density at radius 3 is 1.88 bits per heavy atom. The van der Waals surface area contributed by atoms with Crippen molar-refractivity contribution in [3.05, 3.63) is 59.4 Å². The van der Waals surface area contributed by atoms with Crippen molar-refractivity contribution in [2.24, 2.45) is 0 Å². The van der Waals surface area contributed by atoms with Crippen molar-refractivity contribution in [2.75, 3.05) is 0 Å². The molecule has 2 aromatic carbocycles. The predicted molar refractivity (Wildman–Crippen MR) is 150 cm³/mol. The van der Waals surface area contributed by atoms with E-state index in [4.69, 9.17) is 9.47 Å². The number of halogens is 4. The Morgan fingerprint density at radius 2 is 1.29 bits per heavy atom. The number of benzene rings is 2. The average molecular weight is 597 g/mol. The topological polar surface area (TPSA) is 78.9 Å². The summed E-state index contributed by atoms with van der Waals surface area (Å²) >= 11 is 0. The minimum atomic E-state index is -4.78. The normalized spacial score (nSPS) is 12.0. The minimum Gasteiger partial charge on any atom is -0.449 e. The van der Waals surface area contributed by atoms with Crippen molar-refractivity contribution in [1.29, 1.82) is 0 Å². The highest BCUT2D eigenvalue weighted by atomic mass is 19.4. The maximum Gasteiger partial charge on any atom is 0.425 e. The molecule has 0 saturated carbocycles. The van der Waals surface area contributed by atoms with Crippen LogP contribution in [0.5, 0.6) is 11.5 Å².